The van der Waals surface area contributed by atoms with E-state index < -0.39 is 35.9 Å². The van der Waals surface area contributed by atoms with Gasteiger partial charge in [0.05, 0.1) is 12.5 Å². The van der Waals surface area contributed by atoms with Gasteiger partial charge < -0.3 is 36.0 Å². The summed E-state index contributed by atoms with van der Waals surface area (Å²) in [6.07, 6.45) is 2.18. The predicted octanol–water partition coefficient (Wildman–Crippen LogP) is 0.286. The van der Waals surface area contributed by atoms with Crippen molar-refractivity contribution in [2.75, 3.05) is 32.8 Å². The monoisotopic (exact) mass is 627 g/mol. The third-order valence-corrected chi connectivity index (χ3v) is 7.15. The molecular weight excluding hydrogens is 582 g/mol. The van der Waals surface area contributed by atoms with E-state index >= 15 is 0 Å². The zero-order chi connectivity index (χ0) is 32.8. The number of amides is 5. The van der Waals surface area contributed by atoms with Crippen LogP contribution in [0.4, 0.5) is 0 Å². The first kappa shape index (κ1) is 35.0. The molecule has 1 aliphatic rings. The average Bonchev–Trinajstić information content (AvgIpc) is 3.53. The molecule has 0 saturated heterocycles. The summed E-state index contributed by atoms with van der Waals surface area (Å²) in [6.45, 7) is 6.36. The molecular formula is C31H45N7O7. The number of hydrogen-bond donors (Lipinski definition) is 6. The number of ether oxygens (including phenoxy) is 1. The standard InChI is InChI=1S/C31H45N7O7/c1-20(2)16-25-29(42)36-28(21(3)39)30(43)33-11-4-5-14-38(31(44)24-10-13-34-37-24)15-7-12-32-27(41)19-45-23-9-6-8-22(17-23)18-26(40)35-25/h6,8-10,13,17,20-21,25,28,39H,4-5,7,11-12,14-16,18-19H2,1-3H3,(H,32,41)(H,33,43)(H,34,37)(H,35,40)(H,36,42)/t21-,25-,28+/m1/s1. The lowest BCUT2D eigenvalue weighted by atomic mass is 10.0. The van der Waals surface area contributed by atoms with E-state index in [1.807, 2.05) is 13.8 Å². The van der Waals surface area contributed by atoms with Gasteiger partial charge in [0.15, 0.2) is 6.61 Å². The zero-order valence-corrected chi connectivity index (χ0v) is 26.1. The number of fused-ring (bicyclic) bond motifs is 2. The summed E-state index contributed by atoms with van der Waals surface area (Å²) in [7, 11) is 0. The highest BCUT2D eigenvalue weighted by atomic mass is 16.5. The number of hydrogen-bond acceptors (Lipinski definition) is 8. The van der Waals surface area contributed by atoms with Crippen LogP contribution in [0.15, 0.2) is 36.5 Å². The van der Waals surface area contributed by atoms with Crippen LogP contribution in [0, 0.1) is 5.92 Å². The fourth-order valence-electron chi connectivity index (χ4n) is 4.85. The van der Waals surface area contributed by atoms with Crippen molar-refractivity contribution in [3.05, 3.63) is 47.8 Å². The van der Waals surface area contributed by atoms with Crippen LogP contribution in [0.5, 0.6) is 5.75 Å². The summed E-state index contributed by atoms with van der Waals surface area (Å²) in [5, 5.41) is 27.8. The highest BCUT2D eigenvalue weighted by Gasteiger charge is 2.30. The lowest BCUT2D eigenvalue weighted by Gasteiger charge is -2.26. The van der Waals surface area contributed by atoms with Crippen molar-refractivity contribution in [1.82, 2.24) is 36.4 Å². The molecule has 14 nitrogen and oxygen atoms in total. The second-order valence-electron chi connectivity index (χ2n) is 11.6. The summed E-state index contributed by atoms with van der Waals surface area (Å²) < 4.78 is 5.63. The molecule has 5 amide bonds. The summed E-state index contributed by atoms with van der Waals surface area (Å²) in [5.74, 6) is -1.64. The van der Waals surface area contributed by atoms with Crippen molar-refractivity contribution >= 4 is 29.5 Å². The van der Waals surface area contributed by atoms with Gasteiger partial charge in [-0.25, -0.2) is 0 Å². The number of aromatic nitrogens is 2. The molecule has 3 atom stereocenters. The number of aromatic amines is 1. The summed E-state index contributed by atoms with van der Waals surface area (Å²) in [6, 6.07) is 6.19. The van der Waals surface area contributed by atoms with Gasteiger partial charge >= 0.3 is 0 Å². The number of aliphatic hydroxyl groups excluding tert-OH is 1. The zero-order valence-electron chi connectivity index (χ0n) is 26.1. The predicted molar refractivity (Wildman–Crippen MR) is 165 cm³/mol. The Balaban J connectivity index is 1.76. The van der Waals surface area contributed by atoms with Crippen LogP contribution in [0.2, 0.25) is 0 Å². The molecule has 1 aromatic carbocycles. The second-order valence-corrected chi connectivity index (χ2v) is 11.6. The lowest BCUT2D eigenvalue weighted by molar-refractivity contribution is -0.134. The van der Waals surface area contributed by atoms with Gasteiger partial charge in [-0.2, -0.15) is 5.10 Å². The van der Waals surface area contributed by atoms with Gasteiger partial charge in [0.1, 0.15) is 23.5 Å². The van der Waals surface area contributed by atoms with Crippen LogP contribution in [-0.2, 0) is 25.6 Å². The number of carbonyl (C=O) groups excluding carboxylic acids is 5. The quantitative estimate of drug-likeness (QED) is 0.278. The Hall–Kier alpha value is -4.46. The molecule has 0 spiro atoms. The molecule has 2 heterocycles. The molecule has 0 radical (unpaired) electrons. The maximum atomic E-state index is 13.2. The molecule has 3 rings (SSSR count). The van der Waals surface area contributed by atoms with E-state index in [4.69, 9.17) is 4.74 Å². The Morgan fingerprint density at radius 3 is 2.44 bits per heavy atom. The van der Waals surface area contributed by atoms with E-state index in [1.165, 1.54) is 13.1 Å². The molecule has 1 aliphatic heterocycles. The van der Waals surface area contributed by atoms with Crippen LogP contribution in [0.25, 0.3) is 0 Å². The third-order valence-electron chi connectivity index (χ3n) is 7.15. The van der Waals surface area contributed by atoms with Crippen molar-refractivity contribution in [1.29, 1.82) is 0 Å². The first-order chi connectivity index (χ1) is 21.5. The molecule has 6 N–H and O–H groups in total. The third kappa shape index (κ3) is 11.9. The van der Waals surface area contributed by atoms with E-state index in [-0.39, 0.29) is 37.3 Å². The first-order valence-corrected chi connectivity index (χ1v) is 15.4. The van der Waals surface area contributed by atoms with Gasteiger partial charge in [0.25, 0.3) is 11.8 Å². The largest absolute Gasteiger partial charge is 0.484 e. The Kier molecular flexibility index (Phi) is 13.8. The number of benzene rings is 1. The van der Waals surface area contributed by atoms with E-state index in [1.54, 1.807) is 35.2 Å². The van der Waals surface area contributed by atoms with E-state index in [9.17, 15) is 29.1 Å². The van der Waals surface area contributed by atoms with Crippen molar-refractivity contribution in [3.63, 3.8) is 0 Å². The highest BCUT2D eigenvalue weighted by Crippen LogP contribution is 2.15. The summed E-state index contributed by atoms with van der Waals surface area (Å²) in [5.41, 5.74) is 0.963. The summed E-state index contributed by atoms with van der Waals surface area (Å²) >= 11 is 0. The van der Waals surface area contributed by atoms with Crippen LogP contribution in [-0.4, -0.2) is 101 Å². The SMILES string of the molecule is CC(C)C[C@H]1NC(=O)Cc2cccc(c2)OCC(=O)NCCCN(C(=O)c2ccn[nH]2)CCCCNC(=O)[C@H]([C@@H](C)O)NC1=O. The molecule has 2 bridgehead atoms. The van der Waals surface area contributed by atoms with Crippen LogP contribution in [0.1, 0.15) is 62.5 Å². The highest BCUT2D eigenvalue weighted by molar-refractivity contribution is 5.93. The van der Waals surface area contributed by atoms with Crippen molar-refractivity contribution < 1.29 is 33.8 Å². The van der Waals surface area contributed by atoms with Gasteiger partial charge in [-0.15, -0.1) is 0 Å². The van der Waals surface area contributed by atoms with Crippen LogP contribution < -0.4 is 26.0 Å². The smallest absolute Gasteiger partial charge is 0.271 e. The minimum atomic E-state index is -1.22. The molecule has 14 heteroatoms. The summed E-state index contributed by atoms with van der Waals surface area (Å²) in [4.78, 5) is 66.2. The average molecular weight is 628 g/mol. The molecule has 45 heavy (non-hydrogen) atoms. The Bertz CT molecular complexity index is 1280. The van der Waals surface area contributed by atoms with Gasteiger partial charge in [-0.1, -0.05) is 26.0 Å². The van der Waals surface area contributed by atoms with E-state index in [2.05, 4.69) is 31.5 Å². The Morgan fingerprint density at radius 1 is 0.978 bits per heavy atom. The molecule has 0 saturated carbocycles. The number of carbonyl (C=O) groups is 5. The minimum absolute atomic E-state index is 0.0423. The topological polar surface area (TPSA) is 195 Å². The molecule has 246 valence electrons. The van der Waals surface area contributed by atoms with Crippen LogP contribution in [0.3, 0.4) is 0 Å². The number of nitrogens with zero attached hydrogens (tertiary/aromatic N) is 2. The van der Waals surface area contributed by atoms with E-state index in [0.717, 1.165) is 0 Å². The van der Waals surface area contributed by atoms with Crippen LogP contribution >= 0.6 is 0 Å². The molecule has 2 aromatic rings. The number of aliphatic hydroxyl groups is 1. The second kappa shape index (κ2) is 17.7. The van der Waals surface area contributed by atoms with Gasteiger partial charge in [-0.05, 0) is 62.3 Å². The van der Waals surface area contributed by atoms with Crippen molar-refractivity contribution in [2.24, 2.45) is 5.92 Å². The maximum absolute atomic E-state index is 13.2. The fourth-order valence-corrected chi connectivity index (χ4v) is 4.85. The maximum Gasteiger partial charge on any atom is 0.271 e. The Morgan fingerprint density at radius 2 is 1.73 bits per heavy atom. The Labute approximate surface area is 263 Å². The number of nitrogens with one attached hydrogen (secondary N) is 5. The minimum Gasteiger partial charge on any atom is -0.484 e. The number of H-pyrrole nitrogens is 1. The molecule has 0 aliphatic carbocycles. The first-order valence-electron chi connectivity index (χ1n) is 15.4. The normalized spacial score (nSPS) is 21.0. The lowest BCUT2D eigenvalue weighted by Crippen LogP contribution is -2.57. The van der Waals surface area contributed by atoms with Crippen molar-refractivity contribution in [2.45, 2.75) is 71.1 Å². The molecule has 1 aromatic heterocycles. The van der Waals surface area contributed by atoms with Crippen molar-refractivity contribution in [3.8, 4) is 5.75 Å². The van der Waals surface area contributed by atoms with E-state index in [0.29, 0.717) is 62.3 Å². The fraction of sp³-hybridized carbons (Fsp3) is 0.548. The molecule has 0 unspecified atom stereocenters. The van der Waals surface area contributed by atoms with Gasteiger partial charge in [0, 0.05) is 32.4 Å². The number of rotatable bonds is 4. The molecule has 0 fully saturated rings. The van der Waals surface area contributed by atoms with Gasteiger partial charge in [-0.3, -0.25) is 29.1 Å². The van der Waals surface area contributed by atoms with Gasteiger partial charge in [0.2, 0.25) is 17.7 Å².